The van der Waals surface area contributed by atoms with Crippen LogP contribution >= 0.6 is 0 Å². The molecule has 1 aliphatic rings. The molecule has 0 amide bonds. The Kier molecular flexibility index (Phi) is 4.57. The molecule has 1 aliphatic heterocycles. The molecule has 0 bridgehead atoms. The Bertz CT molecular complexity index is 343. The van der Waals surface area contributed by atoms with Crippen molar-refractivity contribution in [2.45, 2.75) is 25.7 Å². The summed E-state index contributed by atoms with van der Waals surface area (Å²) in [5.74, 6) is 0.758. The largest absolute Gasteiger partial charge is 0.383 e. The normalized spacial score (nSPS) is 18.5. The van der Waals surface area contributed by atoms with Crippen molar-refractivity contribution in [2.24, 2.45) is 0 Å². The van der Waals surface area contributed by atoms with Crippen molar-refractivity contribution in [3.8, 4) is 0 Å². The minimum absolute atomic E-state index is 0.758. The third kappa shape index (κ3) is 3.55. The van der Waals surface area contributed by atoms with Crippen LogP contribution in [0, 0.1) is 6.92 Å². The second-order valence-corrected chi connectivity index (χ2v) is 5.02. The quantitative estimate of drug-likeness (QED) is 0.793. The highest BCUT2D eigenvalue weighted by Gasteiger charge is 2.19. The smallest absolute Gasteiger partial charge is 0.0589 e. The van der Waals surface area contributed by atoms with Crippen molar-refractivity contribution in [1.29, 1.82) is 0 Å². The topological polar surface area (TPSA) is 12.5 Å². The predicted octanol–water partition coefficient (Wildman–Crippen LogP) is 2.82. The second-order valence-electron chi connectivity index (χ2n) is 5.02. The molecule has 0 radical (unpaired) electrons. The summed E-state index contributed by atoms with van der Waals surface area (Å²) in [6.07, 6.45) is 2.57. The molecule has 0 atom stereocenters. The van der Waals surface area contributed by atoms with Crippen LogP contribution in [0.1, 0.15) is 29.9 Å². The van der Waals surface area contributed by atoms with Crippen LogP contribution < -0.4 is 0 Å². The molecule has 2 rings (SSSR count). The van der Waals surface area contributed by atoms with E-state index in [4.69, 9.17) is 4.74 Å². The molecule has 0 spiro atoms. The van der Waals surface area contributed by atoms with Gasteiger partial charge in [-0.25, -0.2) is 0 Å². The Morgan fingerprint density at radius 2 is 2.06 bits per heavy atom. The first-order valence-corrected chi connectivity index (χ1v) is 6.57. The van der Waals surface area contributed by atoms with Crippen LogP contribution in [-0.4, -0.2) is 38.3 Å². The summed E-state index contributed by atoms with van der Waals surface area (Å²) in [5, 5.41) is 0. The zero-order valence-corrected chi connectivity index (χ0v) is 11.0. The van der Waals surface area contributed by atoms with Crippen LogP contribution in [0.3, 0.4) is 0 Å². The van der Waals surface area contributed by atoms with Crippen molar-refractivity contribution in [2.75, 3.05) is 33.4 Å². The minimum Gasteiger partial charge on any atom is -0.383 e. The van der Waals surface area contributed by atoms with Gasteiger partial charge in [0, 0.05) is 13.7 Å². The number of ether oxygens (including phenoxy) is 1. The molecule has 0 unspecified atom stereocenters. The summed E-state index contributed by atoms with van der Waals surface area (Å²) in [4.78, 5) is 2.51. The first-order valence-electron chi connectivity index (χ1n) is 6.57. The Morgan fingerprint density at radius 1 is 1.29 bits per heavy atom. The summed E-state index contributed by atoms with van der Waals surface area (Å²) in [5.41, 5.74) is 2.90. The highest BCUT2D eigenvalue weighted by Crippen LogP contribution is 2.28. The number of benzene rings is 1. The van der Waals surface area contributed by atoms with Gasteiger partial charge in [0.05, 0.1) is 6.61 Å². The van der Waals surface area contributed by atoms with Gasteiger partial charge in [0.1, 0.15) is 0 Å². The molecule has 1 aromatic carbocycles. The van der Waals surface area contributed by atoms with Crippen molar-refractivity contribution < 1.29 is 4.74 Å². The van der Waals surface area contributed by atoms with Crippen LogP contribution in [-0.2, 0) is 4.74 Å². The van der Waals surface area contributed by atoms with Gasteiger partial charge in [0.15, 0.2) is 0 Å². The highest BCUT2D eigenvalue weighted by atomic mass is 16.5. The zero-order chi connectivity index (χ0) is 12.1. The van der Waals surface area contributed by atoms with Gasteiger partial charge < -0.3 is 9.64 Å². The Morgan fingerprint density at radius 3 is 2.71 bits per heavy atom. The van der Waals surface area contributed by atoms with E-state index in [1.165, 1.54) is 37.1 Å². The summed E-state index contributed by atoms with van der Waals surface area (Å²) in [6.45, 7) is 6.54. The SMILES string of the molecule is COCCN1CCC(c2cccc(C)c2)CC1. The lowest BCUT2D eigenvalue weighted by molar-refractivity contribution is 0.130. The van der Waals surface area contributed by atoms with E-state index in [0.29, 0.717) is 0 Å². The third-order valence-electron chi connectivity index (χ3n) is 3.71. The predicted molar refractivity (Wildman–Crippen MR) is 71.5 cm³/mol. The van der Waals surface area contributed by atoms with Crippen molar-refractivity contribution in [3.05, 3.63) is 35.4 Å². The van der Waals surface area contributed by atoms with Gasteiger partial charge in [-0.2, -0.15) is 0 Å². The lowest BCUT2D eigenvalue weighted by Gasteiger charge is -2.32. The lowest BCUT2D eigenvalue weighted by atomic mass is 9.89. The van der Waals surface area contributed by atoms with Crippen molar-refractivity contribution in [1.82, 2.24) is 4.90 Å². The monoisotopic (exact) mass is 233 g/mol. The first kappa shape index (κ1) is 12.6. The average Bonchev–Trinajstić information content (AvgIpc) is 2.37. The molecule has 1 aromatic rings. The fourth-order valence-electron chi connectivity index (χ4n) is 2.63. The summed E-state index contributed by atoms with van der Waals surface area (Å²) in [7, 11) is 1.78. The highest BCUT2D eigenvalue weighted by molar-refractivity contribution is 5.25. The van der Waals surface area contributed by atoms with Crippen LogP contribution in [0.4, 0.5) is 0 Å². The molecule has 94 valence electrons. The first-order chi connectivity index (χ1) is 8.29. The number of hydrogen-bond donors (Lipinski definition) is 0. The van der Waals surface area contributed by atoms with E-state index in [0.717, 1.165) is 19.1 Å². The number of piperidine rings is 1. The second kappa shape index (κ2) is 6.18. The Balaban J connectivity index is 1.86. The molecular weight excluding hydrogens is 210 g/mol. The number of nitrogens with zero attached hydrogens (tertiary/aromatic N) is 1. The van der Waals surface area contributed by atoms with E-state index in [9.17, 15) is 0 Å². The average molecular weight is 233 g/mol. The molecule has 2 nitrogen and oxygen atoms in total. The zero-order valence-electron chi connectivity index (χ0n) is 11.0. The standard InChI is InChI=1S/C15H23NO/c1-13-4-3-5-15(12-13)14-6-8-16(9-7-14)10-11-17-2/h3-5,12,14H,6-11H2,1-2H3. The molecule has 0 N–H and O–H groups in total. The minimum atomic E-state index is 0.758. The summed E-state index contributed by atoms with van der Waals surface area (Å²) >= 11 is 0. The van der Waals surface area contributed by atoms with E-state index < -0.39 is 0 Å². The number of methoxy groups -OCH3 is 1. The molecule has 1 fully saturated rings. The maximum absolute atomic E-state index is 5.13. The van der Waals surface area contributed by atoms with Crippen LogP contribution in [0.5, 0.6) is 0 Å². The number of aryl methyl sites for hydroxylation is 1. The van der Waals surface area contributed by atoms with Gasteiger partial charge in [0.2, 0.25) is 0 Å². The van der Waals surface area contributed by atoms with Crippen LogP contribution in [0.25, 0.3) is 0 Å². The lowest BCUT2D eigenvalue weighted by Crippen LogP contribution is -2.35. The van der Waals surface area contributed by atoms with Crippen molar-refractivity contribution >= 4 is 0 Å². The molecule has 0 aromatic heterocycles. The molecule has 17 heavy (non-hydrogen) atoms. The van der Waals surface area contributed by atoms with Crippen LogP contribution in [0.2, 0.25) is 0 Å². The van der Waals surface area contributed by atoms with Gasteiger partial charge in [-0.1, -0.05) is 29.8 Å². The van der Waals surface area contributed by atoms with E-state index in [1.807, 2.05) is 0 Å². The van der Waals surface area contributed by atoms with Gasteiger partial charge in [-0.15, -0.1) is 0 Å². The van der Waals surface area contributed by atoms with Gasteiger partial charge in [-0.05, 0) is 44.3 Å². The maximum atomic E-state index is 5.13. The summed E-state index contributed by atoms with van der Waals surface area (Å²) in [6, 6.07) is 8.98. The van der Waals surface area contributed by atoms with E-state index in [1.54, 1.807) is 7.11 Å². The van der Waals surface area contributed by atoms with Gasteiger partial charge >= 0.3 is 0 Å². The van der Waals surface area contributed by atoms with Gasteiger partial charge in [-0.3, -0.25) is 0 Å². The molecule has 1 heterocycles. The van der Waals surface area contributed by atoms with E-state index in [2.05, 4.69) is 36.1 Å². The van der Waals surface area contributed by atoms with Gasteiger partial charge in [0.25, 0.3) is 0 Å². The summed E-state index contributed by atoms with van der Waals surface area (Å²) < 4.78 is 5.13. The fraction of sp³-hybridized carbons (Fsp3) is 0.600. The fourth-order valence-corrected chi connectivity index (χ4v) is 2.63. The molecule has 0 saturated carbocycles. The molecule has 1 saturated heterocycles. The van der Waals surface area contributed by atoms with E-state index in [-0.39, 0.29) is 0 Å². The molecular formula is C15H23NO. The van der Waals surface area contributed by atoms with Crippen molar-refractivity contribution in [3.63, 3.8) is 0 Å². The molecule has 0 aliphatic carbocycles. The number of rotatable bonds is 4. The van der Waals surface area contributed by atoms with Crippen LogP contribution in [0.15, 0.2) is 24.3 Å². The van der Waals surface area contributed by atoms with E-state index >= 15 is 0 Å². The maximum Gasteiger partial charge on any atom is 0.0589 e. The number of hydrogen-bond acceptors (Lipinski definition) is 2. The third-order valence-corrected chi connectivity index (χ3v) is 3.71. The Hall–Kier alpha value is -0.860. The number of likely N-dealkylation sites (tertiary alicyclic amines) is 1. The molecule has 2 heteroatoms. The Labute approximate surface area is 105 Å².